The summed E-state index contributed by atoms with van der Waals surface area (Å²) in [5.74, 6) is 0.799. The van der Waals surface area contributed by atoms with Crippen LogP contribution in [0.15, 0.2) is 52.1 Å². The molecule has 6 rings (SSSR count). The van der Waals surface area contributed by atoms with Crippen LogP contribution in [0.4, 0.5) is 0 Å². The molecule has 0 radical (unpaired) electrons. The Morgan fingerprint density at radius 2 is 1.95 bits per heavy atom. The first-order valence-electron chi connectivity index (χ1n) is 14.6. The monoisotopic (exact) mass is 530 g/mol. The number of pyridine rings is 1. The largest absolute Gasteiger partial charge is 0.459 e. The smallest absolute Gasteiger partial charge is 0.234 e. The van der Waals surface area contributed by atoms with E-state index in [-0.39, 0.29) is 48.3 Å². The Morgan fingerprint density at radius 1 is 1.10 bits per heavy atom. The van der Waals surface area contributed by atoms with E-state index in [2.05, 4.69) is 11.9 Å². The van der Waals surface area contributed by atoms with Gasteiger partial charge in [0.1, 0.15) is 18.1 Å². The molecule has 2 aromatic heterocycles. The van der Waals surface area contributed by atoms with Crippen molar-refractivity contribution in [3.63, 3.8) is 0 Å². The van der Waals surface area contributed by atoms with Crippen molar-refractivity contribution in [2.75, 3.05) is 6.61 Å². The number of hydrogen-bond acceptors (Lipinski definition) is 6. The molecule has 7 nitrogen and oxygen atoms in total. The molecule has 0 aromatic carbocycles. The first-order chi connectivity index (χ1) is 19.1. The van der Waals surface area contributed by atoms with Gasteiger partial charge in [-0.15, -0.1) is 0 Å². The van der Waals surface area contributed by atoms with E-state index >= 15 is 0 Å². The van der Waals surface area contributed by atoms with E-state index < -0.39 is 0 Å². The lowest BCUT2D eigenvalue weighted by Crippen LogP contribution is -2.42. The summed E-state index contributed by atoms with van der Waals surface area (Å²) in [5.41, 5.74) is 4.48. The van der Waals surface area contributed by atoms with Gasteiger partial charge in [0.2, 0.25) is 11.8 Å². The Kier molecular flexibility index (Phi) is 7.54. The van der Waals surface area contributed by atoms with E-state index in [0.29, 0.717) is 24.5 Å². The van der Waals surface area contributed by atoms with Gasteiger partial charge in [0.25, 0.3) is 0 Å². The number of furan rings is 1. The number of carbonyl (C=O) groups excluding carboxylic acids is 2. The van der Waals surface area contributed by atoms with Crippen LogP contribution in [-0.2, 0) is 20.9 Å². The van der Waals surface area contributed by atoms with Gasteiger partial charge < -0.3 is 14.3 Å². The zero-order valence-corrected chi connectivity index (χ0v) is 22.7. The first kappa shape index (κ1) is 26.2. The Bertz CT molecular complexity index is 1270. The molecule has 3 fully saturated rings. The van der Waals surface area contributed by atoms with Crippen LogP contribution in [0, 0.1) is 17.8 Å². The highest BCUT2D eigenvalue weighted by atomic mass is 16.5. The molecule has 2 aromatic rings. The normalized spacial score (nSPS) is 27.8. The highest BCUT2D eigenvalue weighted by Crippen LogP contribution is 2.51. The van der Waals surface area contributed by atoms with Crippen LogP contribution in [0.3, 0.4) is 0 Å². The molecule has 206 valence electrons. The number of hydrogen-bond donors (Lipinski definition) is 1. The summed E-state index contributed by atoms with van der Waals surface area (Å²) in [7, 11) is 0. The number of aliphatic hydroxyl groups is 1. The van der Waals surface area contributed by atoms with Gasteiger partial charge in [-0.3, -0.25) is 19.5 Å². The van der Waals surface area contributed by atoms with Crippen LogP contribution in [0.5, 0.6) is 0 Å². The summed E-state index contributed by atoms with van der Waals surface area (Å²) in [6, 6.07) is 9.57. The SMILES string of the molecule is CCC1=C2[C@@H](CC/C(=C/c3ccc(CO)o3)c3ccccn3)OC[C@@H]2[C@@H]2C(=O)N(C3CCCCC3)C(=O)[C@@H]2C1. The predicted molar refractivity (Wildman–Crippen MR) is 147 cm³/mol. The lowest BCUT2D eigenvalue weighted by molar-refractivity contribution is -0.143. The van der Waals surface area contributed by atoms with E-state index in [1.807, 2.05) is 30.3 Å². The van der Waals surface area contributed by atoms with Crippen molar-refractivity contribution < 1.29 is 23.8 Å². The molecular formula is C32H38N2O5. The minimum atomic E-state index is -0.277. The lowest BCUT2D eigenvalue weighted by atomic mass is 9.69. The molecule has 2 saturated heterocycles. The number of likely N-dealkylation sites (tertiary alicyclic amines) is 1. The fourth-order valence-electron chi connectivity index (χ4n) is 7.38. The maximum Gasteiger partial charge on any atom is 0.234 e. The summed E-state index contributed by atoms with van der Waals surface area (Å²) in [5, 5.41) is 9.40. The van der Waals surface area contributed by atoms with E-state index in [9.17, 15) is 14.7 Å². The molecule has 1 saturated carbocycles. The van der Waals surface area contributed by atoms with E-state index in [1.54, 1.807) is 17.2 Å². The number of rotatable bonds is 8. The van der Waals surface area contributed by atoms with Crippen LogP contribution in [-0.4, -0.2) is 45.6 Å². The fourth-order valence-corrected chi connectivity index (χ4v) is 7.38. The molecule has 4 atom stereocenters. The van der Waals surface area contributed by atoms with Crippen molar-refractivity contribution in [3.05, 3.63) is 64.9 Å². The molecule has 0 bridgehead atoms. The van der Waals surface area contributed by atoms with Crippen molar-refractivity contribution in [1.29, 1.82) is 0 Å². The number of carbonyl (C=O) groups is 2. The van der Waals surface area contributed by atoms with Crippen molar-refractivity contribution in [2.24, 2.45) is 17.8 Å². The van der Waals surface area contributed by atoms with Crippen LogP contribution in [0.2, 0.25) is 0 Å². The van der Waals surface area contributed by atoms with E-state index in [1.165, 1.54) is 17.6 Å². The van der Waals surface area contributed by atoms with Crippen LogP contribution < -0.4 is 0 Å². The summed E-state index contributed by atoms with van der Waals surface area (Å²) in [4.78, 5) is 33.6. The number of fused-ring (bicyclic) bond motifs is 3. The molecule has 4 heterocycles. The number of ether oxygens (including phenoxy) is 1. The number of imide groups is 1. The zero-order chi connectivity index (χ0) is 26.9. The molecule has 7 heteroatoms. The third kappa shape index (κ3) is 4.91. The van der Waals surface area contributed by atoms with E-state index in [4.69, 9.17) is 9.15 Å². The topological polar surface area (TPSA) is 92.9 Å². The molecule has 1 N–H and O–H groups in total. The van der Waals surface area contributed by atoms with Crippen LogP contribution in [0.25, 0.3) is 11.6 Å². The lowest BCUT2D eigenvalue weighted by Gasteiger charge is -2.31. The second-order valence-electron chi connectivity index (χ2n) is 11.4. The van der Waals surface area contributed by atoms with E-state index in [0.717, 1.165) is 56.2 Å². The van der Waals surface area contributed by atoms with Gasteiger partial charge >= 0.3 is 0 Å². The van der Waals surface area contributed by atoms with Gasteiger partial charge in [-0.05, 0) is 80.0 Å². The second kappa shape index (κ2) is 11.2. The predicted octanol–water partition coefficient (Wildman–Crippen LogP) is 5.55. The Hall–Kier alpha value is -3.03. The average molecular weight is 531 g/mol. The average Bonchev–Trinajstić information content (AvgIpc) is 3.68. The molecule has 2 aliphatic carbocycles. The van der Waals surface area contributed by atoms with Gasteiger partial charge in [0, 0.05) is 18.2 Å². The first-order valence-corrected chi connectivity index (χ1v) is 14.6. The highest BCUT2D eigenvalue weighted by Gasteiger charge is 2.57. The quantitative estimate of drug-likeness (QED) is 0.356. The Balaban J connectivity index is 1.24. The highest BCUT2D eigenvalue weighted by molar-refractivity contribution is 6.06. The molecular weight excluding hydrogens is 492 g/mol. The van der Waals surface area contributed by atoms with Crippen molar-refractivity contribution in [2.45, 2.75) is 83.5 Å². The molecule has 4 aliphatic rings. The third-order valence-electron chi connectivity index (χ3n) is 9.23. The maximum absolute atomic E-state index is 13.8. The standard InChI is InChI=1S/C32H38N2O5/c1-2-20-17-25-30(32(37)34(31(25)36)22-8-4-3-5-9-22)26-19-38-28(29(20)26)14-11-21(27-10-6-7-15-33-27)16-23-12-13-24(18-35)39-23/h6-7,10,12-13,15-16,22,25-26,28,30,35H,2-5,8-9,11,14,17-19H2,1H3/b21-16-/t25-,26+,28-,30-/m1/s1. The molecule has 2 amide bonds. The Morgan fingerprint density at radius 3 is 2.67 bits per heavy atom. The Labute approximate surface area is 229 Å². The van der Waals surface area contributed by atoms with Crippen molar-refractivity contribution in [1.82, 2.24) is 9.88 Å². The zero-order valence-electron chi connectivity index (χ0n) is 22.7. The second-order valence-corrected chi connectivity index (χ2v) is 11.4. The van der Waals surface area contributed by atoms with Crippen molar-refractivity contribution >= 4 is 23.5 Å². The fraction of sp³-hybridized carbons (Fsp3) is 0.531. The number of aromatic nitrogens is 1. The third-order valence-corrected chi connectivity index (χ3v) is 9.23. The van der Waals surface area contributed by atoms with Gasteiger partial charge in [-0.1, -0.05) is 37.8 Å². The molecule has 0 spiro atoms. The molecule has 0 unspecified atom stereocenters. The molecule has 39 heavy (non-hydrogen) atoms. The van der Waals surface area contributed by atoms with Crippen molar-refractivity contribution in [3.8, 4) is 0 Å². The van der Waals surface area contributed by atoms with Gasteiger partial charge in [0.05, 0.1) is 30.2 Å². The number of allylic oxidation sites excluding steroid dienone is 2. The summed E-state index contributed by atoms with van der Waals surface area (Å²) >= 11 is 0. The number of amides is 2. The van der Waals surface area contributed by atoms with Crippen LogP contribution >= 0.6 is 0 Å². The van der Waals surface area contributed by atoms with Gasteiger partial charge in [-0.2, -0.15) is 0 Å². The van der Waals surface area contributed by atoms with Gasteiger partial charge in [-0.25, -0.2) is 0 Å². The summed E-state index contributed by atoms with van der Waals surface area (Å²) < 4.78 is 12.2. The minimum Gasteiger partial charge on any atom is -0.459 e. The molecule has 2 aliphatic heterocycles. The maximum atomic E-state index is 13.8. The van der Waals surface area contributed by atoms with Crippen LogP contribution in [0.1, 0.15) is 81.9 Å². The summed E-state index contributed by atoms with van der Waals surface area (Å²) in [6.45, 7) is 2.52. The summed E-state index contributed by atoms with van der Waals surface area (Å²) in [6.07, 6.45) is 12.0. The van der Waals surface area contributed by atoms with Gasteiger partial charge in [0.15, 0.2) is 0 Å². The minimum absolute atomic E-state index is 0.00629. The number of aliphatic hydroxyl groups excluding tert-OH is 1. The number of nitrogens with zero attached hydrogens (tertiary/aromatic N) is 2.